The first-order chi connectivity index (χ1) is 13.0. The standard InChI is InChI=1S/C19H19N3O5/c1-2-13-7-9-15(10-8-13)21-18(25)19(26)22-20-11-14-5-3-4-6-16(14)27-12-17(23)24/h3-11H,2,12H2,1H3,(H,21,25)(H,22,26)(H,23,24)/p-1/b20-11-. The van der Waals surface area contributed by atoms with Crippen molar-refractivity contribution in [2.75, 3.05) is 11.9 Å². The van der Waals surface area contributed by atoms with Gasteiger partial charge in [-0.15, -0.1) is 0 Å². The van der Waals surface area contributed by atoms with E-state index in [1.165, 1.54) is 6.21 Å². The van der Waals surface area contributed by atoms with Gasteiger partial charge >= 0.3 is 11.8 Å². The summed E-state index contributed by atoms with van der Waals surface area (Å²) in [5.74, 6) is -2.92. The van der Waals surface area contributed by atoms with E-state index in [4.69, 9.17) is 4.74 Å². The average molecular weight is 368 g/mol. The summed E-state index contributed by atoms with van der Waals surface area (Å²) in [6.07, 6.45) is 2.11. The molecule has 0 aromatic heterocycles. The van der Waals surface area contributed by atoms with Gasteiger partial charge in [-0.25, -0.2) is 5.43 Å². The largest absolute Gasteiger partial charge is 0.546 e. The zero-order valence-corrected chi connectivity index (χ0v) is 14.6. The van der Waals surface area contributed by atoms with E-state index in [1.807, 2.05) is 19.1 Å². The molecule has 0 aliphatic rings. The Labute approximate surface area is 155 Å². The molecule has 0 radical (unpaired) electrons. The number of carbonyl (C=O) groups excluding carboxylic acids is 3. The number of carboxylic acids is 1. The van der Waals surface area contributed by atoms with Crippen molar-refractivity contribution in [3.05, 3.63) is 59.7 Å². The lowest BCUT2D eigenvalue weighted by molar-refractivity contribution is -0.307. The molecular formula is C19H18N3O5-. The van der Waals surface area contributed by atoms with Crippen molar-refractivity contribution < 1.29 is 24.2 Å². The van der Waals surface area contributed by atoms with E-state index in [9.17, 15) is 19.5 Å². The van der Waals surface area contributed by atoms with Crippen molar-refractivity contribution in [3.63, 3.8) is 0 Å². The molecule has 0 aliphatic heterocycles. The molecule has 140 valence electrons. The molecule has 0 saturated heterocycles. The summed E-state index contributed by atoms with van der Waals surface area (Å²) in [4.78, 5) is 34.1. The van der Waals surface area contributed by atoms with Gasteiger partial charge in [-0.1, -0.05) is 31.2 Å². The summed E-state index contributed by atoms with van der Waals surface area (Å²) in [6.45, 7) is 1.40. The second-order valence-electron chi connectivity index (χ2n) is 5.40. The number of carboxylic acid groups (broad SMARTS) is 1. The lowest BCUT2D eigenvalue weighted by Crippen LogP contribution is -2.32. The third-order valence-corrected chi connectivity index (χ3v) is 3.46. The van der Waals surface area contributed by atoms with Crippen LogP contribution in [0.15, 0.2) is 53.6 Å². The lowest BCUT2D eigenvalue weighted by Gasteiger charge is -2.09. The second kappa shape index (κ2) is 9.71. The van der Waals surface area contributed by atoms with Crippen molar-refractivity contribution in [2.45, 2.75) is 13.3 Å². The molecule has 2 amide bonds. The van der Waals surface area contributed by atoms with Crippen LogP contribution < -0.4 is 20.6 Å². The monoisotopic (exact) mass is 368 g/mol. The van der Waals surface area contributed by atoms with E-state index in [-0.39, 0.29) is 5.75 Å². The normalized spacial score (nSPS) is 10.4. The van der Waals surface area contributed by atoms with Gasteiger partial charge in [-0.2, -0.15) is 5.10 Å². The number of aryl methyl sites for hydroxylation is 1. The quantitative estimate of drug-likeness (QED) is 0.418. The van der Waals surface area contributed by atoms with Crippen molar-refractivity contribution in [1.82, 2.24) is 5.43 Å². The maximum atomic E-state index is 11.9. The van der Waals surface area contributed by atoms with Crippen molar-refractivity contribution in [1.29, 1.82) is 0 Å². The van der Waals surface area contributed by atoms with Gasteiger partial charge in [0.15, 0.2) is 0 Å². The number of benzene rings is 2. The van der Waals surface area contributed by atoms with Crippen LogP contribution in [0.1, 0.15) is 18.1 Å². The summed E-state index contributed by atoms with van der Waals surface area (Å²) in [5.41, 5.74) is 4.14. The highest BCUT2D eigenvalue weighted by Crippen LogP contribution is 2.15. The number of anilines is 1. The van der Waals surface area contributed by atoms with Crippen molar-refractivity contribution in [2.24, 2.45) is 5.10 Å². The Balaban J connectivity index is 1.92. The number of para-hydroxylation sites is 1. The van der Waals surface area contributed by atoms with Gasteiger partial charge < -0.3 is 20.0 Å². The molecule has 0 atom stereocenters. The van der Waals surface area contributed by atoms with Crippen LogP contribution in [-0.2, 0) is 20.8 Å². The number of aliphatic carboxylic acids is 1. The number of amides is 2. The number of hydrogen-bond donors (Lipinski definition) is 2. The summed E-state index contributed by atoms with van der Waals surface area (Å²) >= 11 is 0. The van der Waals surface area contributed by atoms with Crippen LogP contribution in [-0.4, -0.2) is 30.6 Å². The third-order valence-electron chi connectivity index (χ3n) is 3.46. The lowest BCUT2D eigenvalue weighted by atomic mass is 10.1. The zero-order valence-electron chi connectivity index (χ0n) is 14.6. The molecule has 27 heavy (non-hydrogen) atoms. The van der Waals surface area contributed by atoms with Crippen molar-refractivity contribution >= 4 is 29.7 Å². The van der Waals surface area contributed by atoms with Crippen LogP contribution in [0.5, 0.6) is 5.75 Å². The fourth-order valence-electron chi connectivity index (χ4n) is 2.08. The van der Waals surface area contributed by atoms with Gasteiger partial charge in [0.2, 0.25) is 0 Å². The topological polar surface area (TPSA) is 120 Å². The predicted molar refractivity (Wildman–Crippen MR) is 97.1 cm³/mol. The van der Waals surface area contributed by atoms with Gasteiger partial charge in [0.25, 0.3) is 0 Å². The Bertz CT molecular complexity index is 847. The molecule has 2 aromatic rings. The molecule has 0 saturated carbocycles. The minimum Gasteiger partial charge on any atom is -0.546 e. The number of hydrazone groups is 1. The third kappa shape index (κ3) is 6.28. The molecule has 8 nitrogen and oxygen atoms in total. The predicted octanol–water partition coefficient (Wildman–Crippen LogP) is 0.466. The minimum atomic E-state index is -1.36. The van der Waals surface area contributed by atoms with Crippen LogP contribution in [0, 0.1) is 0 Å². The van der Waals surface area contributed by atoms with Crippen LogP contribution >= 0.6 is 0 Å². The van der Waals surface area contributed by atoms with E-state index in [2.05, 4.69) is 15.8 Å². The molecule has 2 aromatic carbocycles. The van der Waals surface area contributed by atoms with Crippen LogP contribution in [0.3, 0.4) is 0 Å². The van der Waals surface area contributed by atoms with Gasteiger partial charge in [-0.3, -0.25) is 9.59 Å². The maximum Gasteiger partial charge on any atom is 0.329 e. The first-order valence-corrected chi connectivity index (χ1v) is 8.14. The average Bonchev–Trinajstić information content (AvgIpc) is 2.67. The summed E-state index contributed by atoms with van der Waals surface area (Å²) in [5, 5.41) is 16.6. The summed E-state index contributed by atoms with van der Waals surface area (Å²) < 4.78 is 5.06. The molecule has 0 heterocycles. The van der Waals surface area contributed by atoms with Gasteiger partial charge in [-0.05, 0) is 36.2 Å². The van der Waals surface area contributed by atoms with Gasteiger partial charge in [0.1, 0.15) is 12.4 Å². The molecule has 8 heteroatoms. The Kier molecular flexibility index (Phi) is 7.07. The Morgan fingerprint density at radius 3 is 2.44 bits per heavy atom. The minimum absolute atomic E-state index is 0.250. The molecule has 0 unspecified atom stereocenters. The number of rotatable bonds is 7. The fraction of sp³-hybridized carbons (Fsp3) is 0.158. The fourth-order valence-corrected chi connectivity index (χ4v) is 2.08. The Hall–Kier alpha value is -3.68. The van der Waals surface area contributed by atoms with E-state index >= 15 is 0 Å². The molecule has 0 fully saturated rings. The number of ether oxygens (including phenoxy) is 1. The van der Waals surface area contributed by atoms with Gasteiger partial charge in [0, 0.05) is 11.3 Å². The summed E-state index contributed by atoms with van der Waals surface area (Å²) in [7, 11) is 0. The molecule has 2 N–H and O–H groups in total. The molecule has 0 spiro atoms. The van der Waals surface area contributed by atoms with Crippen LogP contribution in [0.25, 0.3) is 0 Å². The zero-order chi connectivity index (χ0) is 19.6. The molecular weight excluding hydrogens is 350 g/mol. The maximum absolute atomic E-state index is 11.9. The van der Waals surface area contributed by atoms with E-state index < -0.39 is 24.4 Å². The highest BCUT2D eigenvalue weighted by molar-refractivity contribution is 6.39. The smallest absolute Gasteiger partial charge is 0.329 e. The number of carbonyl (C=O) groups is 3. The van der Waals surface area contributed by atoms with Crippen molar-refractivity contribution in [3.8, 4) is 5.75 Å². The highest BCUT2D eigenvalue weighted by atomic mass is 16.5. The number of nitrogens with one attached hydrogen (secondary N) is 2. The molecule has 0 aliphatic carbocycles. The van der Waals surface area contributed by atoms with Crippen LogP contribution in [0.4, 0.5) is 5.69 Å². The first kappa shape index (κ1) is 19.6. The van der Waals surface area contributed by atoms with E-state index in [0.29, 0.717) is 11.3 Å². The number of nitrogens with zero attached hydrogens (tertiary/aromatic N) is 1. The van der Waals surface area contributed by atoms with Gasteiger partial charge in [0.05, 0.1) is 12.2 Å². The SMILES string of the molecule is CCc1ccc(NC(=O)C(=O)N/N=C\c2ccccc2OCC(=O)[O-])cc1. The van der Waals surface area contributed by atoms with Crippen LogP contribution in [0.2, 0.25) is 0 Å². The molecule has 2 rings (SSSR count). The summed E-state index contributed by atoms with van der Waals surface area (Å²) in [6, 6.07) is 13.6. The van der Waals surface area contributed by atoms with E-state index in [0.717, 1.165) is 12.0 Å². The molecule has 0 bridgehead atoms. The highest BCUT2D eigenvalue weighted by Gasteiger charge is 2.12. The van der Waals surface area contributed by atoms with E-state index in [1.54, 1.807) is 36.4 Å². The Morgan fingerprint density at radius 1 is 1.07 bits per heavy atom. The Morgan fingerprint density at radius 2 is 1.78 bits per heavy atom. The first-order valence-electron chi connectivity index (χ1n) is 8.14. The second-order valence-corrected chi connectivity index (χ2v) is 5.40. The number of hydrogen-bond acceptors (Lipinski definition) is 6.